The van der Waals surface area contributed by atoms with E-state index in [1.165, 1.54) is 7.11 Å². The highest BCUT2D eigenvalue weighted by Gasteiger charge is 2.23. The lowest BCUT2D eigenvalue weighted by atomic mass is 10.1. The third kappa shape index (κ3) is 5.04. The minimum absolute atomic E-state index is 0.0940. The van der Waals surface area contributed by atoms with Crippen LogP contribution >= 0.6 is 0 Å². The second kappa shape index (κ2) is 8.94. The second-order valence-corrected chi connectivity index (χ2v) is 9.14. The molecular formula is C21H31N3O3S. The Hall–Kier alpha value is -2.09. The van der Waals surface area contributed by atoms with Crippen LogP contribution in [0.4, 0.5) is 5.69 Å². The number of hydrogen-bond acceptors (Lipinski definition) is 5. The molecule has 0 aliphatic carbocycles. The van der Waals surface area contributed by atoms with Gasteiger partial charge in [-0.2, -0.15) is 0 Å². The van der Waals surface area contributed by atoms with Gasteiger partial charge in [0.2, 0.25) is 10.0 Å². The van der Waals surface area contributed by atoms with E-state index < -0.39 is 10.0 Å². The molecule has 0 aromatic heterocycles. The van der Waals surface area contributed by atoms with Crippen LogP contribution in [0.2, 0.25) is 0 Å². The lowest BCUT2D eigenvalue weighted by molar-refractivity contribution is 0.299. The highest BCUT2D eigenvalue weighted by molar-refractivity contribution is 7.89. The van der Waals surface area contributed by atoms with Crippen molar-refractivity contribution in [2.75, 3.05) is 46.7 Å². The minimum Gasteiger partial charge on any atom is -0.495 e. The molecule has 6 nitrogen and oxygen atoms in total. The van der Waals surface area contributed by atoms with Crippen molar-refractivity contribution < 1.29 is 13.2 Å². The second-order valence-electron chi connectivity index (χ2n) is 7.40. The van der Waals surface area contributed by atoms with Crippen LogP contribution in [-0.2, 0) is 10.0 Å². The van der Waals surface area contributed by atoms with Gasteiger partial charge in [-0.15, -0.1) is 0 Å². The molecule has 2 aromatic rings. The molecule has 1 atom stereocenters. The van der Waals surface area contributed by atoms with Crippen LogP contribution in [-0.4, -0.2) is 55.2 Å². The number of sulfonamides is 1. The number of benzene rings is 2. The fourth-order valence-electron chi connectivity index (χ4n) is 2.99. The molecule has 0 saturated heterocycles. The zero-order valence-electron chi connectivity index (χ0n) is 17.8. The summed E-state index contributed by atoms with van der Waals surface area (Å²) < 4.78 is 34.0. The molecule has 0 fully saturated rings. The summed E-state index contributed by atoms with van der Waals surface area (Å²) in [5, 5.41) is 0. The smallest absolute Gasteiger partial charge is 0.244 e. The van der Waals surface area contributed by atoms with E-state index in [4.69, 9.17) is 4.74 Å². The van der Waals surface area contributed by atoms with Crippen molar-refractivity contribution in [1.29, 1.82) is 0 Å². The van der Waals surface area contributed by atoms with Gasteiger partial charge in [0.25, 0.3) is 0 Å². The molecule has 7 heteroatoms. The van der Waals surface area contributed by atoms with Crippen LogP contribution in [0.5, 0.6) is 5.75 Å². The predicted octanol–water partition coefficient (Wildman–Crippen LogP) is 2.96. The number of methoxy groups -OCH3 is 1. The summed E-state index contributed by atoms with van der Waals surface area (Å²) in [5.41, 5.74) is 4.04. The third-order valence-corrected chi connectivity index (χ3v) is 6.40. The quantitative estimate of drug-likeness (QED) is 0.732. The highest BCUT2D eigenvalue weighted by atomic mass is 32.2. The van der Waals surface area contributed by atoms with Crippen molar-refractivity contribution in [3.8, 4) is 5.75 Å². The van der Waals surface area contributed by atoms with Gasteiger partial charge in [-0.05, 0) is 68.9 Å². The van der Waals surface area contributed by atoms with Gasteiger partial charge in [0, 0.05) is 32.4 Å². The van der Waals surface area contributed by atoms with Gasteiger partial charge in [0.1, 0.15) is 10.6 Å². The number of rotatable bonds is 8. The highest BCUT2D eigenvalue weighted by Crippen LogP contribution is 2.28. The van der Waals surface area contributed by atoms with Crippen molar-refractivity contribution >= 4 is 15.7 Å². The van der Waals surface area contributed by atoms with Gasteiger partial charge in [-0.3, -0.25) is 0 Å². The molecule has 1 N–H and O–H groups in total. The maximum atomic E-state index is 13.0. The summed E-state index contributed by atoms with van der Waals surface area (Å²) >= 11 is 0. The summed E-state index contributed by atoms with van der Waals surface area (Å²) in [6, 6.07) is 11.5. The zero-order valence-corrected chi connectivity index (χ0v) is 18.6. The molecule has 0 radical (unpaired) electrons. The maximum Gasteiger partial charge on any atom is 0.244 e. The molecule has 0 spiro atoms. The van der Waals surface area contributed by atoms with E-state index in [9.17, 15) is 8.42 Å². The molecule has 154 valence electrons. The molecule has 2 aromatic carbocycles. The molecule has 2 rings (SSSR count). The number of anilines is 1. The van der Waals surface area contributed by atoms with Crippen molar-refractivity contribution in [1.82, 2.24) is 9.62 Å². The lowest BCUT2D eigenvalue weighted by Gasteiger charge is -2.26. The number of ether oxygens (including phenoxy) is 1. The van der Waals surface area contributed by atoms with Gasteiger partial charge >= 0.3 is 0 Å². The van der Waals surface area contributed by atoms with Crippen LogP contribution in [0.15, 0.2) is 41.3 Å². The molecule has 1 unspecified atom stereocenters. The Kier molecular flexibility index (Phi) is 7.09. The Morgan fingerprint density at radius 1 is 1.00 bits per heavy atom. The summed E-state index contributed by atoms with van der Waals surface area (Å²) in [6.07, 6.45) is 0. The van der Waals surface area contributed by atoms with E-state index in [1.807, 2.05) is 76.1 Å². The van der Waals surface area contributed by atoms with E-state index in [-0.39, 0.29) is 17.5 Å². The predicted molar refractivity (Wildman–Crippen MR) is 115 cm³/mol. The van der Waals surface area contributed by atoms with E-state index in [2.05, 4.69) is 4.72 Å². The maximum absolute atomic E-state index is 13.0. The number of nitrogens with zero attached hydrogens (tertiary/aromatic N) is 2. The first-order valence-corrected chi connectivity index (χ1v) is 10.6. The monoisotopic (exact) mass is 405 g/mol. The molecule has 0 bridgehead atoms. The molecule has 0 aliphatic heterocycles. The van der Waals surface area contributed by atoms with Crippen LogP contribution in [0.25, 0.3) is 0 Å². The fourth-order valence-corrected chi connectivity index (χ4v) is 4.26. The van der Waals surface area contributed by atoms with E-state index in [0.29, 0.717) is 5.75 Å². The average molecular weight is 406 g/mol. The van der Waals surface area contributed by atoms with E-state index in [1.54, 1.807) is 12.1 Å². The van der Waals surface area contributed by atoms with Crippen LogP contribution in [0.3, 0.4) is 0 Å². The van der Waals surface area contributed by atoms with Crippen molar-refractivity contribution in [2.24, 2.45) is 0 Å². The van der Waals surface area contributed by atoms with Gasteiger partial charge in [0.05, 0.1) is 7.11 Å². The summed E-state index contributed by atoms with van der Waals surface area (Å²) in [7, 11) is 5.63. The van der Waals surface area contributed by atoms with Gasteiger partial charge < -0.3 is 14.5 Å². The molecule has 0 amide bonds. The van der Waals surface area contributed by atoms with E-state index in [0.717, 1.165) is 22.4 Å². The van der Waals surface area contributed by atoms with E-state index >= 15 is 0 Å². The largest absolute Gasteiger partial charge is 0.495 e. The van der Waals surface area contributed by atoms with Gasteiger partial charge in [-0.1, -0.05) is 12.1 Å². The Morgan fingerprint density at radius 2 is 1.57 bits per heavy atom. The molecule has 28 heavy (non-hydrogen) atoms. The Morgan fingerprint density at radius 3 is 2.07 bits per heavy atom. The number of hydrogen-bond donors (Lipinski definition) is 1. The van der Waals surface area contributed by atoms with Crippen molar-refractivity contribution in [3.63, 3.8) is 0 Å². The topological polar surface area (TPSA) is 61.9 Å². The summed E-state index contributed by atoms with van der Waals surface area (Å²) in [5.74, 6) is 0.354. The number of nitrogens with one attached hydrogen (secondary N) is 1. The molecular weight excluding hydrogens is 374 g/mol. The Balaban J connectivity index is 2.27. The molecule has 0 saturated carbocycles. The first-order valence-electron chi connectivity index (χ1n) is 9.15. The molecule has 0 aliphatic rings. The summed E-state index contributed by atoms with van der Waals surface area (Å²) in [6.45, 7) is 4.08. The van der Waals surface area contributed by atoms with Crippen molar-refractivity contribution in [3.05, 3.63) is 53.1 Å². The standard InChI is InChI=1S/C21H31N3O3S/c1-15-12-20(27-7)21(13-16(15)2)28(25,26)22-14-19(24(5)6)17-8-10-18(11-9-17)23(3)4/h8-13,19,22H,14H2,1-7H3. The minimum atomic E-state index is -3.71. The third-order valence-electron chi connectivity index (χ3n) is 4.95. The summed E-state index contributed by atoms with van der Waals surface area (Å²) in [4.78, 5) is 4.20. The Labute approximate surface area is 169 Å². The fraction of sp³-hybridized carbons (Fsp3) is 0.429. The van der Waals surface area contributed by atoms with Gasteiger partial charge in [0.15, 0.2) is 0 Å². The van der Waals surface area contributed by atoms with Gasteiger partial charge in [-0.25, -0.2) is 13.1 Å². The number of aryl methyl sites for hydroxylation is 2. The van der Waals surface area contributed by atoms with Crippen LogP contribution < -0.4 is 14.4 Å². The first-order chi connectivity index (χ1) is 13.1. The SMILES string of the molecule is COc1cc(C)c(C)cc1S(=O)(=O)NCC(c1ccc(N(C)C)cc1)N(C)C. The molecule has 0 heterocycles. The van der Waals surface area contributed by atoms with Crippen LogP contribution in [0.1, 0.15) is 22.7 Å². The zero-order chi connectivity index (χ0) is 21.1. The van der Waals surface area contributed by atoms with Crippen LogP contribution in [0, 0.1) is 13.8 Å². The van der Waals surface area contributed by atoms with Crippen molar-refractivity contribution in [2.45, 2.75) is 24.8 Å². The lowest BCUT2D eigenvalue weighted by Crippen LogP contribution is -2.34. The average Bonchev–Trinajstić information content (AvgIpc) is 2.63. The first kappa shape index (κ1) is 22.2. The Bertz CT molecular complexity index is 907. The number of likely N-dealkylation sites (N-methyl/N-ethyl adjacent to an activating group) is 1. The normalized spacial score (nSPS) is 12.9.